The number of aliphatic imine (C=N–C) groups is 1. The minimum Gasteiger partial charge on any atom is -0.307 e. The van der Waals surface area contributed by atoms with E-state index in [0.29, 0.717) is 5.69 Å². The Morgan fingerprint density at radius 2 is 2.20 bits per heavy atom. The minimum absolute atomic E-state index is 0.0504. The Morgan fingerprint density at radius 3 is 2.80 bits per heavy atom. The van der Waals surface area contributed by atoms with Crippen LogP contribution in [-0.4, -0.2) is 32.2 Å². The highest BCUT2D eigenvalue weighted by Crippen LogP contribution is 2.20. The molecule has 1 heterocycles. The SMILES string of the molecule is Cc1ccc(S(N)(=O)=O)cc1NC(=O)N1C=CC=NC1. The number of nitrogens with two attached hydrogens (primary N) is 1. The molecule has 2 rings (SSSR count). The lowest BCUT2D eigenvalue weighted by atomic mass is 10.2. The van der Waals surface area contributed by atoms with E-state index in [2.05, 4.69) is 10.3 Å². The van der Waals surface area contributed by atoms with Crippen LogP contribution in [0, 0.1) is 6.92 Å². The van der Waals surface area contributed by atoms with Crippen LogP contribution in [0.15, 0.2) is 40.4 Å². The summed E-state index contributed by atoms with van der Waals surface area (Å²) < 4.78 is 22.6. The average Bonchev–Trinajstić information content (AvgIpc) is 2.41. The van der Waals surface area contributed by atoms with Crippen molar-refractivity contribution in [2.75, 3.05) is 12.0 Å². The fourth-order valence-electron chi connectivity index (χ4n) is 1.62. The Bertz CT molecular complexity index is 695. The number of nitrogens with zero attached hydrogens (tertiary/aromatic N) is 2. The second-order valence-electron chi connectivity index (χ2n) is 4.24. The van der Waals surface area contributed by atoms with Gasteiger partial charge in [-0.25, -0.2) is 18.4 Å². The topological polar surface area (TPSA) is 105 Å². The maximum absolute atomic E-state index is 12.0. The summed E-state index contributed by atoms with van der Waals surface area (Å²) in [6.45, 7) is 1.98. The van der Waals surface area contributed by atoms with Crippen LogP contribution in [0.5, 0.6) is 0 Å². The number of sulfonamides is 1. The molecule has 1 aliphatic heterocycles. The highest BCUT2D eigenvalue weighted by Gasteiger charge is 2.15. The monoisotopic (exact) mass is 294 g/mol. The number of carbonyl (C=O) groups excluding carboxylic acids is 1. The van der Waals surface area contributed by atoms with Gasteiger partial charge in [-0.1, -0.05) is 6.07 Å². The van der Waals surface area contributed by atoms with Gasteiger partial charge in [-0.15, -0.1) is 0 Å². The van der Waals surface area contributed by atoms with E-state index in [9.17, 15) is 13.2 Å². The maximum atomic E-state index is 12.0. The summed E-state index contributed by atoms with van der Waals surface area (Å²) in [4.78, 5) is 17.2. The number of primary sulfonamides is 1. The third-order valence-corrected chi connectivity index (χ3v) is 3.64. The van der Waals surface area contributed by atoms with E-state index in [4.69, 9.17) is 5.14 Å². The van der Waals surface area contributed by atoms with Gasteiger partial charge >= 0.3 is 6.03 Å². The molecule has 0 spiro atoms. The van der Waals surface area contributed by atoms with Crippen molar-refractivity contribution in [3.05, 3.63) is 36.0 Å². The summed E-state index contributed by atoms with van der Waals surface area (Å²) in [5.74, 6) is 0. The molecule has 1 aromatic carbocycles. The van der Waals surface area contributed by atoms with Crippen molar-refractivity contribution in [3.63, 3.8) is 0 Å². The normalized spacial score (nSPS) is 14.4. The molecule has 106 valence electrons. The molecule has 20 heavy (non-hydrogen) atoms. The number of rotatable bonds is 2. The molecule has 8 heteroatoms. The van der Waals surface area contributed by atoms with Gasteiger partial charge in [0.15, 0.2) is 0 Å². The fourth-order valence-corrected chi connectivity index (χ4v) is 2.16. The highest BCUT2D eigenvalue weighted by molar-refractivity contribution is 7.89. The van der Waals surface area contributed by atoms with E-state index in [1.54, 1.807) is 31.5 Å². The van der Waals surface area contributed by atoms with Crippen LogP contribution in [0.3, 0.4) is 0 Å². The zero-order valence-electron chi connectivity index (χ0n) is 10.8. The first-order valence-electron chi connectivity index (χ1n) is 5.75. The summed E-state index contributed by atoms with van der Waals surface area (Å²) in [6, 6.07) is 3.91. The van der Waals surface area contributed by atoms with Gasteiger partial charge in [0.2, 0.25) is 10.0 Å². The van der Waals surface area contributed by atoms with Gasteiger partial charge in [-0.3, -0.25) is 9.89 Å². The summed E-state index contributed by atoms with van der Waals surface area (Å²) in [5.41, 5.74) is 1.12. The van der Waals surface area contributed by atoms with Gasteiger partial charge in [0.05, 0.1) is 4.90 Å². The number of urea groups is 1. The lowest BCUT2D eigenvalue weighted by Gasteiger charge is -2.19. The van der Waals surface area contributed by atoms with E-state index in [1.807, 2.05) is 0 Å². The van der Waals surface area contributed by atoms with Crippen molar-refractivity contribution in [1.82, 2.24) is 4.90 Å². The molecule has 0 fully saturated rings. The number of amides is 2. The van der Waals surface area contributed by atoms with Crippen LogP contribution in [-0.2, 0) is 10.0 Å². The Balaban J connectivity index is 2.22. The second-order valence-corrected chi connectivity index (χ2v) is 5.80. The molecule has 0 bridgehead atoms. The Labute approximate surface area is 116 Å². The molecular formula is C12H14N4O3S. The first-order chi connectivity index (χ1) is 9.38. The summed E-state index contributed by atoms with van der Waals surface area (Å²) in [6.07, 6.45) is 4.81. The molecule has 0 aliphatic carbocycles. The number of aryl methyl sites for hydroxylation is 1. The molecule has 3 N–H and O–H groups in total. The zero-order valence-corrected chi connectivity index (χ0v) is 11.6. The van der Waals surface area contributed by atoms with Crippen LogP contribution in [0.1, 0.15) is 5.56 Å². The van der Waals surface area contributed by atoms with E-state index >= 15 is 0 Å². The van der Waals surface area contributed by atoms with Crippen molar-refractivity contribution < 1.29 is 13.2 Å². The number of hydrogen-bond donors (Lipinski definition) is 2. The van der Waals surface area contributed by atoms with Gasteiger partial charge in [0.1, 0.15) is 6.67 Å². The third kappa shape index (κ3) is 3.22. The molecule has 0 saturated carbocycles. The van der Waals surface area contributed by atoms with Crippen LogP contribution in [0.25, 0.3) is 0 Å². The predicted octanol–water partition coefficient (Wildman–Crippen LogP) is 1.03. The molecular weight excluding hydrogens is 280 g/mol. The lowest BCUT2D eigenvalue weighted by molar-refractivity contribution is 0.229. The Kier molecular flexibility index (Phi) is 3.86. The molecule has 1 aliphatic rings. The standard InChI is InChI=1S/C12H14N4O3S/c1-9-3-4-10(20(13,18)19)7-11(9)15-12(17)16-6-2-5-14-8-16/h2-7H,8H2,1H3,(H,15,17)(H2,13,18,19). The zero-order chi connectivity index (χ0) is 14.8. The smallest absolute Gasteiger partial charge is 0.307 e. The van der Waals surface area contributed by atoms with Gasteiger partial charge < -0.3 is 5.32 Å². The molecule has 2 amide bonds. The average molecular weight is 294 g/mol. The Hall–Kier alpha value is -2.19. The summed E-state index contributed by atoms with van der Waals surface area (Å²) >= 11 is 0. The van der Waals surface area contributed by atoms with Crippen LogP contribution < -0.4 is 10.5 Å². The van der Waals surface area contributed by atoms with Crippen molar-refractivity contribution in [3.8, 4) is 0 Å². The molecule has 1 aromatic rings. The van der Waals surface area contributed by atoms with Gasteiger partial charge in [-0.05, 0) is 30.7 Å². The van der Waals surface area contributed by atoms with Crippen molar-refractivity contribution in [1.29, 1.82) is 0 Å². The lowest BCUT2D eigenvalue weighted by Crippen LogP contribution is -2.32. The first-order valence-corrected chi connectivity index (χ1v) is 7.30. The maximum Gasteiger partial charge on any atom is 0.327 e. The first kappa shape index (κ1) is 14.2. The molecule has 0 radical (unpaired) electrons. The van der Waals surface area contributed by atoms with E-state index in [0.717, 1.165) is 5.56 Å². The number of allylic oxidation sites excluding steroid dienone is 1. The number of nitrogens with one attached hydrogen (secondary N) is 1. The number of anilines is 1. The molecule has 0 atom stereocenters. The molecule has 7 nitrogen and oxygen atoms in total. The largest absolute Gasteiger partial charge is 0.327 e. The summed E-state index contributed by atoms with van der Waals surface area (Å²) in [7, 11) is -3.81. The highest BCUT2D eigenvalue weighted by atomic mass is 32.2. The number of hydrogen-bond acceptors (Lipinski definition) is 4. The van der Waals surface area contributed by atoms with Crippen LogP contribution in [0.4, 0.5) is 10.5 Å². The van der Waals surface area contributed by atoms with Crippen molar-refractivity contribution >= 4 is 28.0 Å². The van der Waals surface area contributed by atoms with Gasteiger partial charge in [0, 0.05) is 18.1 Å². The predicted molar refractivity (Wildman–Crippen MR) is 75.9 cm³/mol. The number of carbonyl (C=O) groups is 1. The minimum atomic E-state index is -3.81. The molecule has 0 aromatic heterocycles. The molecule has 0 unspecified atom stereocenters. The van der Waals surface area contributed by atoms with Crippen molar-refractivity contribution in [2.24, 2.45) is 10.1 Å². The third-order valence-electron chi connectivity index (χ3n) is 2.73. The fraction of sp³-hybridized carbons (Fsp3) is 0.167. The Morgan fingerprint density at radius 1 is 1.45 bits per heavy atom. The second kappa shape index (κ2) is 5.43. The van der Waals surface area contributed by atoms with E-state index in [-0.39, 0.29) is 11.6 Å². The van der Waals surface area contributed by atoms with E-state index in [1.165, 1.54) is 17.0 Å². The summed E-state index contributed by atoms with van der Waals surface area (Å²) in [5, 5.41) is 7.70. The number of benzene rings is 1. The van der Waals surface area contributed by atoms with Crippen LogP contribution >= 0.6 is 0 Å². The van der Waals surface area contributed by atoms with Gasteiger partial charge in [0.25, 0.3) is 0 Å². The quantitative estimate of drug-likeness (QED) is 0.851. The van der Waals surface area contributed by atoms with Gasteiger partial charge in [-0.2, -0.15) is 0 Å². The molecule has 0 saturated heterocycles. The van der Waals surface area contributed by atoms with E-state index < -0.39 is 16.1 Å². The van der Waals surface area contributed by atoms with Crippen molar-refractivity contribution in [2.45, 2.75) is 11.8 Å². The van der Waals surface area contributed by atoms with Crippen LogP contribution in [0.2, 0.25) is 0 Å².